The number of ether oxygens (including phenoxy) is 2. The SMILES string of the molecule is COCCNc1nc(SCCOC)nc2ccccc12. The van der Waals surface area contributed by atoms with Crippen molar-refractivity contribution in [1.82, 2.24) is 9.97 Å². The average molecular weight is 293 g/mol. The number of fused-ring (bicyclic) bond motifs is 1. The number of nitrogens with zero attached hydrogens (tertiary/aromatic N) is 2. The molecule has 0 aliphatic heterocycles. The van der Waals surface area contributed by atoms with Crippen molar-refractivity contribution < 1.29 is 9.47 Å². The van der Waals surface area contributed by atoms with E-state index in [2.05, 4.69) is 15.3 Å². The van der Waals surface area contributed by atoms with E-state index in [0.29, 0.717) is 13.2 Å². The van der Waals surface area contributed by atoms with Crippen LogP contribution in [0.5, 0.6) is 0 Å². The Labute approximate surface area is 123 Å². The molecule has 0 saturated heterocycles. The topological polar surface area (TPSA) is 56.3 Å². The second kappa shape index (κ2) is 8.04. The lowest BCUT2D eigenvalue weighted by atomic mass is 10.2. The van der Waals surface area contributed by atoms with E-state index in [9.17, 15) is 0 Å². The van der Waals surface area contributed by atoms with Gasteiger partial charge in [0.05, 0.1) is 18.7 Å². The number of rotatable bonds is 8. The molecule has 5 nitrogen and oxygen atoms in total. The van der Waals surface area contributed by atoms with Crippen LogP contribution in [-0.2, 0) is 9.47 Å². The second-order valence-electron chi connectivity index (χ2n) is 4.13. The smallest absolute Gasteiger partial charge is 0.190 e. The van der Waals surface area contributed by atoms with Crippen molar-refractivity contribution in [3.05, 3.63) is 24.3 Å². The molecule has 0 radical (unpaired) electrons. The van der Waals surface area contributed by atoms with Gasteiger partial charge in [0.2, 0.25) is 0 Å². The second-order valence-corrected chi connectivity index (χ2v) is 5.19. The monoisotopic (exact) mass is 293 g/mol. The van der Waals surface area contributed by atoms with Gasteiger partial charge in [-0.3, -0.25) is 0 Å². The van der Waals surface area contributed by atoms with Crippen LogP contribution in [0.4, 0.5) is 5.82 Å². The summed E-state index contributed by atoms with van der Waals surface area (Å²) in [5.74, 6) is 1.69. The summed E-state index contributed by atoms with van der Waals surface area (Å²) in [6.45, 7) is 2.05. The van der Waals surface area contributed by atoms with E-state index < -0.39 is 0 Å². The molecule has 6 heteroatoms. The van der Waals surface area contributed by atoms with Crippen LogP contribution in [0.1, 0.15) is 0 Å². The first-order valence-corrected chi connectivity index (χ1v) is 7.45. The van der Waals surface area contributed by atoms with Crippen molar-refractivity contribution in [3.8, 4) is 0 Å². The van der Waals surface area contributed by atoms with E-state index in [4.69, 9.17) is 9.47 Å². The molecular weight excluding hydrogens is 274 g/mol. The van der Waals surface area contributed by atoms with Crippen LogP contribution < -0.4 is 5.32 Å². The van der Waals surface area contributed by atoms with Crippen LogP contribution >= 0.6 is 11.8 Å². The molecule has 0 bridgehead atoms. The summed E-state index contributed by atoms with van der Waals surface area (Å²) in [7, 11) is 3.38. The number of para-hydroxylation sites is 1. The average Bonchev–Trinajstić information content (AvgIpc) is 2.48. The van der Waals surface area contributed by atoms with E-state index >= 15 is 0 Å². The zero-order valence-electron chi connectivity index (χ0n) is 11.8. The molecule has 1 aromatic heterocycles. The zero-order valence-corrected chi connectivity index (χ0v) is 12.6. The molecule has 1 aromatic carbocycles. The van der Waals surface area contributed by atoms with Gasteiger partial charge in [-0.05, 0) is 12.1 Å². The Morgan fingerprint density at radius 3 is 2.70 bits per heavy atom. The normalized spacial score (nSPS) is 10.9. The molecule has 2 rings (SSSR count). The van der Waals surface area contributed by atoms with E-state index in [1.807, 2.05) is 24.3 Å². The summed E-state index contributed by atoms with van der Waals surface area (Å²) in [6, 6.07) is 8.00. The highest BCUT2D eigenvalue weighted by Crippen LogP contribution is 2.24. The van der Waals surface area contributed by atoms with Gasteiger partial charge in [0, 0.05) is 31.9 Å². The van der Waals surface area contributed by atoms with Crippen molar-refractivity contribution in [2.45, 2.75) is 5.16 Å². The molecule has 0 spiro atoms. The van der Waals surface area contributed by atoms with Crippen molar-refractivity contribution in [1.29, 1.82) is 0 Å². The molecule has 2 aromatic rings. The maximum atomic E-state index is 5.06. The highest BCUT2D eigenvalue weighted by molar-refractivity contribution is 7.99. The van der Waals surface area contributed by atoms with Crippen molar-refractivity contribution in [3.63, 3.8) is 0 Å². The number of hydrogen-bond acceptors (Lipinski definition) is 6. The van der Waals surface area contributed by atoms with Crippen LogP contribution in [0.3, 0.4) is 0 Å². The lowest BCUT2D eigenvalue weighted by Gasteiger charge is -2.10. The maximum Gasteiger partial charge on any atom is 0.190 e. The van der Waals surface area contributed by atoms with Gasteiger partial charge < -0.3 is 14.8 Å². The summed E-state index contributed by atoms with van der Waals surface area (Å²) < 4.78 is 10.1. The van der Waals surface area contributed by atoms with E-state index in [-0.39, 0.29) is 0 Å². The fourth-order valence-corrected chi connectivity index (χ4v) is 2.49. The summed E-state index contributed by atoms with van der Waals surface area (Å²) in [5, 5.41) is 5.09. The highest BCUT2D eigenvalue weighted by atomic mass is 32.2. The first kappa shape index (κ1) is 15.0. The summed E-state index contributed by atoms with van der Waals surface area (Å²) in [6.07, 6.45) is 0. The van der Waals surface area contributed by atoms with Crippen LogP contribution in [0.2, 0.25) is 0 Å². The molecule has 0 unspecified atom stereocenters. The van der Waals surface area contributed by atoms with Crippen molar-refractivity contribution in [2.75, 3.05) is 45.0 Å². The van der Waals surface area contributed by atoms with Gasteiger partial charge in [-0.25, -0.2) is 9.97 Å². The first-order valence-electron chi connectivity index (χ1n) is 6.46. The molecule has 0 aliphatic carbocycles. The summed E-state index contributed by atoms with van der Waals surface area (Å²) >= 11 is 1.59. The molecule has 0 atom stereocenters. The molecule has 0 aliphatic rings. The maximum absolute atomic E-state index is 5.06. The fourth-order valence-electron chi connectivity index (χ4n) is 1.74. The minimum atomic E-state index is 0.643. The van der Waals surface area contributed by atoms with Gasteiger partial charge in [0.25, 0.3) is 0 Å². The minimum Gasteiger partial charge on any atom is -0.384 e. The summed E-state index contributed by atoms with van der Waals surface area (Å²) in [4.78, 5) is 9.14. The number of nitrogens with one attached hydrogen (secondary N) is 1. The van der Waals surface area contributed by atoms with Gasteiger partial charge in [0.15, 0.2) is 5.16 Å². The predicted octanol–water partition coefficient (Wildman–Crippen LogP) is 2.43. The molecule has 108 valence electrons. The lowest BCUT2D eigenvalue weighted by Crippen LogP contribution is -2.10. The molecule has 20 heavy (non-hydrogen) atoms. The Morgan fingerprint density at radius 2 is 1.90 bits per heavy atom. The number of hydrogen-bond donors (Lipinski definition) is 1. The number of methoxy groups -OCH3 is 2. The Kier molecular flexibility index (Phi) is 6.04. The standard InChI is InChI=1S/C14H19N3O2S/c1-18-8-7-15-13-11-5-3-4-6-12(11)16-14(17-13)20-10-9-19-2/h3-6H,7-10H2,1-2H3,(H,15,16,17). The summed E-state index contributed by atoms with van der Waals surface area (Å²) in [5.41, 5.74) is 0.947. The van der Waals surface area contributed by atoms with Gasteiger partial charge in [0.1, 0.15) is 5.82 Å². The zero-order chi connectivity index (χ0) is 14.2. The molecule has 0 fully saturated rings. The Bertz CT molecular complexity index is 551. The Morgan fingerprint density at radius 1 is 1.10 bits per heavy atom. The third kappa shape index (κ3) is 4.06. The Balaban J connectivity index is 2.21. The largest absolute Gasteiger partial charge is 0.384 e. The molecule has 0 saturated carbocycles. The van der Waals surface area contributed by atoms with Gasteiger partial charge in [-0.1, -0.05) is 23.9 Å². The molecule has 0 amide bonds. The van der Waals surface area contributed by atoms with Crippen molar-refractivity contribution in [2.24, 2.45) is 0 Å². The van der Waals surface area contributed by atoms with Crippen LogP contribution in [0.15, 0.2) is 29.4 Å². The minimum absolute atomic E-state index is 0.643. The van der Waals surface area contributed by atoms with Crippen LogP contribution in [-0.4, -0.2) is 49.7 Å². The van der Waals surface area contributed by atoms with Crippen molar-refractivity contribution >= 4 is 28.5 Å². The van der Waals surface area contributed by atoms with Gasteiger partial charge >= 0.3 is 0 Å². The van der Waals surface area contributed by atoms with Gasteiger partial charge in [-0.2, -0.15) is 0 Å². The lowest BCUT2D eigenvalue weighted by molar-refractivity contribution is 0.210. The number of aromatic nitrogens is 2. The number of anilines is 1. The number of benzene rings is 1. The molecular formula is C14H19N3O2S. The molecule has 1 N–H and O–H groups in total. The quantitative estimate of drug-likeness (QED) is 0.458. The Hall–Kier alpha value is -1.37. The highest BCUT2D eigenvalue weighted by Gasteiger charge is 2.07. The van der Waals surface area contributed by atoms with Crippen LogP contribution in [0.25, 0.3) is 10.9 Å². The third-order valence-corrected chi connectivity index (χ3v) is 3.51. The predicted molar refractivity (Wildman–Crippen MR) is 82.5 cm³/mol. The molecule has 1 heterocycles. The fraction of sp³-hybridized carbons (Fsp3) is 0.429. The third-order valence-electron chi connectivity index (χ3n) is 2.70. The van der Waals surface area contributed by atoms with Gasteiger partial charge in [-0.15, -0.1) is 0 Å². The first-order chi connectivity index (χ1) is 9.85. The van der Waals surface area contributed by atoms with E-state index in [0.717, 1.165) is 34.2 Å². The van der Waals surface area contributed by atoms with E-state index in [1.54, 1.807) is 26.0 Å². The van der Waals surface area contributed by atoms with Crippen LogP contribution in [0, 0.1) is 0 Å². The van der Waals surface area contributed by atoms with E-state index in [1.165, 1.54) is 0 Å². The number of thioether (sulfide) groups is 1.